The molecule has 0 bridgehead atoms. The van der Waals surface area contributed by atoms with Gasteiger partial charge in [0.2, 0.25) is 0 Å². The number of nitrogens with one attached hydrogen (secondary N) is 1. The second-order valence-corrected chi connectivity index (χ2v) is 6.50. The van der Waals surface area contributed by atoms with Crippen LogP contribution in [0.15, 0.2) is 24.5 Å². The molecular weight excluding hydrogens is 342 g/mol. The molecule has 7 heteroatoms. The Morgan fingerprint density at radius 3 is 3.12 bits per heavy atom. The van der Waals surface area contributed by atoms with Gasteiger partial charge in [-0.2, -0.15) is 0 Å². The van der Waals surface area contributed by atoms with Gasteiger partial charge < -0.3 is 19.7 Å². The summed E-state index contributed by atoms with van der Waals surface area (Å²) in [5.41, 5.74) is 1.06. The van der Waals surface area contributed by atoms with Crippen LogP contribution in [0, 0.1) is 0 Å². The lowest BCUT2D eigenvalue weighted by molar-refractivity contribution is -0.149. The molecule has 0 radical (unpaired) electrons. The van der Waals surface area contributed by atoms with Crippen molar-refractivity contribution in [2.45, 2.75) is 44.4 Å². The van der Waals surface area contributed by atoms with E-state index >= 15 is 0 Å². The average molecular weight is 370 g/mol. The third-order valence-electron chi connectivity index (χ3n) is 4.75. The number of nitrogens with zero attached hydrogens (tertiary/aromatic N) is 2. The number of rotatable bonds is 5. The first-order valence-corrected chi connectivity index (χ1v) is 8.90. The number of hydrogen-bond donors (Lipinski definition) is 1. The smallest absolute Gasteiger partial charge is 0.252 e. The predicted molar refractivity (Wildman–Crippen MR) is 97.8 cm³/mol. The first-order chi connectivity index (χ1) is 11.8. The molecule has 140 valence electrons. The zero-order valence-corrected chi connectivity index (χ0v) is 15.5. The Morgan fingerprint density at radius 1 is 1.52 bits per heavy atom. The SMILES string of the molecule is CC(OCC1CCCCO1)C(=O)N1CCNCC1c1cccnc1.Cl. The Bertz CT molecular complexity index is 526. The maximum Gasteiger partial charge on any atom is 0.252 e. The molecule has 1 aromatic heterocycles. The summed E-state index contributed by atoms with van der Waals surface area (Å²) >= 11 is 0. The molecule has 1 amide bonds. The van der Waals surface area contributed by atoms with Crippen LogP contribution in [0.4, 0.5) is 0 Å². The Kier molecular flexibility index (Phi) is 8.09. The highest BCUT2D eigenvalue weighted by atomic mass is 35.5. The van der Waals surface area contributed by atoms with Crippen LogP contribution in [0.1, 0.15) is 37.8 Å². The minimum atomic E-state index is -0.451. The monoisotopic (exact) mass is 369 g/mol. The molecule has 3 heterocycles. The van der Waals surface area contributed by atoms with Crippen molar-refractivity contribution in [3.05, 3.63) is 30.1 Å². The fraction of sp³-hybridized carbons (Fsp3) is 0.667. The molecule has 1 N–H and O–H groups in total. The number of aromatic nitrogens is 1. The van der Waals surface area contributed by atoms with E-state index in [1.807, 2.05) is 30.2 Å². The maximum atomic E-state index is 12.9. The first kappa shape index (κ1) is 20.1. The lowest BCUT2D eigenvalue weighted by Gasteiger charge is -2.38. The van der Waals surface area contributed by atoms with Gasteiger partial charge in [-0.1, -0.05) is 6.07 Å². The maximum absolute atomic E-state index is 12.9. The number of amides is 1. The van der Waals surface area contributed by atoms with Gasteiger partial charge in [0.15, 0.2) is 0 Å². The van der Waals surface area contributed by atoms with Gasteiger partial charge >= 0.3 is 0 Å². The number of hydrogen-bond acceptors (Lipinski definition) is 5. The van der Waals surface area contributed by atoms with Crippen LogP contribution >= 0.6 is 12.4 Å². The molecule has 25 heavy (non-hydrogen) atoms. The van der Waals surface area contributed by atoms with Crippen LogP contribution in [0.3, 0.4) is 0 Å². The molecule has 0 aliphatic carbocycles. The van der Waals surface area contributed by atoms with Crippen molar-refractivity contribution in [3.8, 4) is 0 Å². The lowest BCUT2D eigenvalue weighted by Crippen LogP contribution is -2.51. The molecule has 2 fully saturated rings. The van der Waals surface area contributed by atoms with Crippen LogP contribution in [-0.2, 0) is 14.3 Å². The Morgan fingerprint density at radius 2 is 2.40 bits per heavy atom. The standard InChI is InChI=1S/C18H27N3O3.ClH/c1-14(24-13-16-6-2-3-10-23-16)18(22)21-9-8-20-12-17(21)15-5-4-7-19-11-15;/h4-5,7,11,14,16-17,20H,2-3,6,8-10,12-13H2,1H3;1H. The number of carbonyl (C=O) groups excluding carboxylic acids is 1. The zero-order valence-electron chi connectivity index (χ0n) is 14.7. The summed E-state index contributed by atoms with van der Waals surface area (Å²) in [7, 11) is 0. The van der Waals surface area contributed by atoms with E-state index in [4.69, 9.17) is 9.47 Å². The molecular formula is C18H28ClN3O3. The van der Waals surface area contributed by atoms with Gasteiger partial charge in [-0.05, 0) is 37.8 Å². The molecule has 2 aliphatic rings. The third-order valence-corrected chi connectivity index (χ3v) is 4.75. The lowest BCUT2D eigenvalue weighted by atomic mass is 10.0. The summed E-state index contributed by atoms with van der Waals surface area (Å²) in [4.78, 5) is 19.0. The summed E-state index contributed by atoms with van der Waals surface area (Å²) in [6.07, 6.45) is 6.59. The van der Waals surface area contributed by atoms with E-state index in [0.717, 1.165) is 38.1 Å². The second-order valence-electron chi connectivity index (χ2n) is 6.50. The van der Waals surface area contributed by atoms with Crippen molar-refractivity contribution in [2.75, 3.05) is 32.8 Å². The summed E-state index contributed by atoms with van der Waals surface area (Å²) in [5, 5.41) is 3.36. The van der Waals surface area contributed by atoms with Crippen molar-refractivity contribution in [3.63, 3.8) is 0 Å². The minimum Gasteiger partial charge on any atom is -0.376 e. The van der Waals surface area contributed by atoms with Crippen molar-refractivity contribution in [2.24, 2.45) is 0 Å². The Balaban J connectivity index is 0.00000225. The largest absolute Gasteiger partial charge is 0.376 e. The van der Waals surface area contributed by atoms with Gasteiger partial charge in [0, 0.05) is 38.6 Å². The highest BCUT2D eigenvalue weighted by Gasteiger charge is 2.31. The van der Waals surface area contributed by atoms with Crippen LogP contribution in [0.25, 0.3) is 0 Å². The Hall–Kier alpha value is -1.21. The van der Waals surface area contributed by atoms with E-state index in [1.165, 1.54) is 6.42 Å². The van der Waals surface area contributed by atoms with Crippen LogP contribution in [0.5, 0.6) is 0 Å². The van der Waals surface area contributed by atoms with Crippen molar-refractivity contribution < 1.29 is 14.3 Å². The third kappa shape index (κ3) is 5.38. The van der Waals surface area contributed by atoms with Crippen molar-refractivity contribution >= 4 is 18.3 Å². The zero-order chi connectivity index (χ0) is 16.8. The van der Waals surface area contributed by atoms with E-state index in [9.17, 15) is 4.79 Å². The van der Waals surface area contributed by atoms with Gasteiger partial charge in [0.25, 0.3) is 5.91 Å². The molecule has 2 aliphatic heterocycles. The normalized spacial score (nSPS) is 25.1. The van der Waals surface area contributed by atoms with E-state index in [-0.39, 0.29) is 30.5 Å². The molecule has 1 aromatic rings. The molecule has 3 rings (SSSR count). The van der Waals surface area contributed by atoms with Gasteiger partial charge in [-0.25, -0.2) is 0 Å². The number of carbonyl (C=O) groups is 1. The van der Waals surface area contributed by atoms with E-state index < -0.39 is 6.10 Å². The summed E-state index contributed by atoms with van der Waals surface area (Å²) in [5.74, 6) is 0.0427. The van der Waals surface area contributed by atoms with Crippen molar-refractivity contribution in [1.29, 1.82) is 0 Å². The summed E-state index contributed by atoms with van der Waals surface area (Å²) < 4.78 is 11.5. The highest BCUT2D eigenvalue weighted by Crippen LogP contribution is 2.23. The first-order valence-electron chi connectivity index (χ1n) is 8.90. The quantitative estimate of drug-likeness (QED) is 0.859. The summed E-state index contributed by atoms with van der Waals surface area (Å²) in [6, 6.07) is 3.94. The number of halogens is 1. The minimum absolute atomic E-state index is 0. The van der Waals surface area contributed by atoms with Gasteiger partial charge in [-0.3, -0.25) is 9.78 Å². The molecule has 0 spiro atoms. The fourth-order valence-electron chi connectivity index (χ4n) is 3.33. The fourth-order valence-corrected chi connectivity index (χ4v) is 3.33. The van der Waals surface area contributed by atoms with Gasteiger partial charge in [0.05, 0.1) is 18.8 Å². The van der Waals surface area contributed by atoms with Crippen LogP contribution < -0.4 is 5.32 Å². The molecule has 3 atom stereocenters. The van der Waals surface area contributed by atoms with E-state index in [0.29, 0.717) is 13.2 Å². The Labute approximate surface area is 155 Å². The molecule has 6 nitrogen and oxygen atoms in total. The number of pyridine rings is 1. The predicted octanol–water partition coefficient (Wildman–Crippen LogP) is 1.95. The summed E-state index contributed by atoms with van der Waals surface area (Å²) in [6.45, 7) is 5.38. The second kappa shape index (κ2) is 10.1. The van der Waals surface area contributed by atoms with Crippen LogP contribution in [-0.4, -0.2) is 60.8 Å². The average Bonchev–Trinajstić information content (AvgIpc) is 2.67. The highest BCUT2D eigenvalue weighted by molar-refractivity contribution is 5.85. The van der Waals surface area contributed by atoms with Gasteiger partial charge in [0.1, 0.15) is 6.10 Å². The van der Waals surface area contributed by atoms with E-state index in [2.05, 4.69) is 10.3 Å². The molecule has 3 unspecified atom stereocenters. The molecule has 0 saturated carbocycles. The van der Waals surface area contributed by atoms with Crippen LogP contribution in [0.2, 0.25) is 0 Å². The van der Waals surface area contributed by atoms with E-state index in [1.54, 1.807) is 6.20 Å². The number of ether oxygens (including phenoxy) is 2. The van der Waals surface area contributed by atoms with Crippen molar-refractivity contribution in [1.82, 2.24) is 15.2 Å². The molecule has 2 saturated heterocycles. The molecule has 0 aromatic carbocycles. The number of piperazine rings is 1. The van der Waals surface area contributed by atoms with Gasteiger partial charge in [-0.15, -0.1) is 12.4 Å². The topological polar surface area (TPSA) is 63.7 Å².